The third-order valence-electron chi connectivity index (χ3n) is 2.65. The van der Waals surface area contributed by atoms with Gasteiger partial charge in [0, 0.05) is 19.6 Å². The van der Waals surface area contributed by atoms with Crippen molar-refractivity contribution in [3.8, 4) is 0 Å². The van der Waals surface area contributed by atoms with Crippen LogP contribution in [-0.2, 0) is 13.1 Å². The van der Waals surface area contributed by atoms with E-state index in [1.165, 1.54) is 11.1 Å². The maximum absolute atomic E-state index is 5.34. The van der Waals surface area contributed by atoms with Gasteiger partial charge in [-0.2, -0.15) is 0 Å². The minimum atomic E-state index is 0.882. The summed E-state index contributed by atoms with van der Waals surface area (Å²) in [5.74, 6) is 0. The van der Waals surface area contributed by atoms with Gasteiger partial charge in [0.1, 0.15) is 0 Å². The lowest BCUT2D eigenvalue weighted by molar-refractivity contribution is 0.438. The average Bonchev–Trinajstić information content (AvgIpc) is 2.69. The van der Waals surface area contributed by atoms with Crippen molar-refractivity contribution in [2.24, 2.45) is 0 Å². The fourth-order valence-electron chi connectivity index (χ4n) is 1.82. The van der Waals surface area contributed by atoms with Crippen molar-refractivity contribution in [3.63, 3.8) is 0 Å². The molecule has 0 bridgehead atoms. The summed E-state index contributed by atoms with van der Waals surface area (Å²) in [5, 5.41) is 4.15. The molecule has 0 radical (unpaired) electrons. The van der Waals surface area contributed by atoms with Crippen LogP contribution in [0.2, 0.25) is 0 Å². The number of thiocarbonyl (C=S) groups is 1. The second kappa shape index (κ2) is 4.62. The van der Waals surface area contributed by atoms with E-state index in [0.717, 1.165) is 31.2 Å². The summed E-state index contributed by atoms with van der Waals surface area (Å²) in [5.41, 5.74) is 2.80. The van der Waals surface area contributed by atoms with Gasteiger partial charge >= 0.3 is 0 Å². The second-order valence-corrected chi connectivity index (χ2v) is 4.24. The first-order valence-electron chi connectivity index (χ1n) is 5.41. The molecule has 80 valence electrons. The highest BCUT2D eigenvalue weighted by Crippen LogP contribution is 2.21. The lowest BCUT2D eigenvalue weighted by atomic mass is 10.1. The molecule has 0 saturated heterocycles. The molecule has 0 spiro atoms. The largest absolute Gasteiger partial charge is 0.363 e. The summed E-state index contributed by atoms with van der Waals surface area (Å²) >= 11 is 5.34. The number of hydrogen-bond acceptors (Lipinski definition) is 1. The molecule has 1 aliphatic rings. The third kappa shape index (κ3) is 2.29. The quantitative estimate of drug-likeness (QED) is 0.770. The van der Waals surface area contributed by atoms with E-state index in [1.54, 1.807) is 0 Å². The number of hydrogen-bond donors (Lipinski definition) is 1. The molecule has 0 aliphatic carbocycles. The zero-order valence-electron chi connectivity index (χ0n) is 8.99. The number of nitrogens with one attached hydrogen (secondary N) is 1. The molecule has 1 aliphatic heterocycles. The third-order valence-corrected chi connectivity index (χ3v) is 3.06. The molecule has 1 aromatic rings. The molecular formula is C12H16N2S. The summed E-state index contributed by atoms with van der Waals surface area (Å²) in [6.07, 6.45) is 1.11. The van der Waals surface area contributed by atoms with Gasteiger partial charge in [0.05, 0.1) is 0 Å². The predicted octanol–water partition coefficient (Wildman–Crippen LogP) is 2.29. The number of benzene rings is 1. The molecule has 2 nitrogen and oxygen atoms in total. The van der Waals surface area contributed by atoms with Crippen molar-refractivity contribution in [2.75, 3.05) is 6.54 Å². The topological polar surface area (TPSA) is 15.3 Å². The van der Waals surface area contributed by atoms with Crippen LogP contribution in [-0.4, -0.2) is 16.6 Å². The highest BCUT2D eigenvalue weighted by atomic mass is 32.1. The first kappa shape index (κ1) is 10.4. The van der Waals surface area contributed by atoms with Crippen molar-refractivity contribution in [1.29, 1.82) is 0 Å². The highest BCUT2D eigenvalue weighted by Gasteiger charge is 2.19. The highest BCUT2D eigenvalue weighted by molar-refractivity contribution is 7.80. The van der Waals surface area contributed by atoms with Crippen LogP contribution in [0.25, 0.3) is 0 Å². The molecule has 0 saturated carbocycles. The van der Waals surface area contributed by atoms with E-state index in [9.17, 15) is 0 Å². The minimum Gasteiger partial charge on any atom is -0.363 e. The Labute approximate surface area is 96.3 Å². The lowest BCUT2D eigenvalue weighted by Crippen LogP contribution is -2.36. The Morgan fingerprint density at radius 1 is 1.33 bits per heavy atom. The zero-order valence-corrected chi connectivity index (χ0v) is 9.81. The van der Waals surface area contributed by atoms with Gasteiger partial charge in [-0.05, 0) is 29.8 Å². The molecule has 0 atom stereocenters. The first-order chi connectivity index (χ1) is 7.31. The summed E-state index contributed by atoms with van der Waals surface area (Å²) in [7, 11) is 0. The molecule has 1 N–H and O–H groups in total. The zero-order chi connectivity index (χ0) is 10.7. The number of fused-ring (bicyclic) bond motifs is 1. The molecular weight excluding hydrogens is 204 g/mol. The Kier molecular flexibility index (Phi) is 3.21. The van der Waals surface area contributed by atoms with Crippen LogP contribution >= 0.6 is 12.2 Å². The van der Waals surface area contributed by atoms with Crippen LogP contribution in [0.15, 0.2) is 24.3 Å². The van der Waals surface area contributed by atoms with Crippen LogP contribution < -0.4 is 5.32 Å². The molecule has 0 aromatic heterocycles. The fraction of sp³-hybridized carbons (Fsp3) is 0.417. The predicted molar refractivity (Wildman–Crippen MR) is 66.6 cm³/mol. The first-order valence-corrected chi connectivity index (χ1v) is 5.81. The van der Waals surface area contributed by atoms with Gasteiger partial charge < -0.3 is 10.2 Å². The van der Waals surface area contributed by atoms with E-state index < -0.39 is 0 Å². The van der Waals surface area contributed by atoms with Gasteiger partial charge in [-0.1, -0.05) is 31.2 Å². The maximum atomic E-state index is 5.34. The van der Waals surface area contributed by atoms with Gasteiger partial charge in [-0.25, -0.2) is 0 Å². The van der Waals surface area contributed by atoms with Crippen LogP contribution in [0.3, 0.4) is 0 Å². The SMILES string of the molecule is CCCNC(=S)N1Cc2ccccc2C1. The van der Waals surface area contributed by atoms with Crippen molar-refractivity contribution < 1.29 is 0 Å². The van der Waals surface area contributed by atoms with Gasteiger partial charge in [0.15, 0.2) is 5.11 Å². The van der Waals surface area contributed by atoms with Gasteiger partial charge in [0.25, 0.3) is 0 Å². The van der Waals surface area contributed by atoms with Gasteiger partial charge in [-0.3, -0.25) is 0 Å². The second-order valence-electron chi connectivity index (χ2n) is 3.86. The Morgan fingerprint density at radius 2 is 1.93 bits per heavy atom. The van der Waals surface area contributed by atoms with Crippen molar-refractivity contribution in [1.82, 2.24) is 10.2 Å². The summed E-state index contributed by atoms with van der Waals surface area (Å²) in [4.78, 5) is 2.22. The fourth-order valence-corrected chi connectivity index (χ4v) is 2.05. The van der Waals surface area contributed by atoms with E-state index in [-0.39, 0.29) is 0 Å². The standard InChI is InChI=1S/C12H16N2S/c1-2-7-13-12(15)14-8-10-5-3-4-6-11(10)9-14/h3-6H,2,7-9H2,1H3,(H,13,15). The number of nitrogens with zero attached hydrogens (tertiary/aromatic N) is 1. The molecule has 3 heteroatoms. The molecule has 0 unspecified atom stereocenters. The van der Waals surface area contributed by atoms with Crippen molar-refractivity contribution in [2.45, 2.75) is 26.4 Å². The van der Waals surface area contributed by atoms with Gasteiger partial charge in [0.2, 0.25) is 0 Å². The van der Waals surface area contributed by atoms with Crippen molar-refractivity contribution in [3.05, 3.63) is 35.4 Å². The molecule has 2 rings (SSSR count). The van der Waals surface area contributed by atoms with E-state index in [2.05, 4.69) is 41.4 Å². The molecule has 0 amide bonds. The van der Waals surface area contributed by atoms with Crippen LogP contribution in [0, 0.1) is 0 Å². The maximum Gasteiger partial charge on any atom is 0.169 e. The average molecular weight is 220 g/mol. The minimum absolute atomic E-state index is 0.882. The summed E-state index contributed by atoms with van der Waals surface area (Å²) < 4.78 is 0. The Hall–Kier alpha value is -1.09. The van der Waals surface area contributed by atoms with Crippen LogP contribution in [0.1, 0.15) is 24.5 Å². The normalized spacial score (nSPS) is 13.8. The Morgan fingerprint density at radius 3 is 2.47 bits per heavy atom. The summed E-state index contributed by atoms with van der Waals surface area (Å²) in [6, 6.07) is 8.53. The number of rotatable bonds is 2. The van der Waals surface area contributed by atoms with Crippen molar-refractivity contribution >= 4 is 17.3 Å². The smallest absolute Gasteiger partial charge is 0.169 e. The molecule has 15 heavy (non-hydrogen) atoms. The molecule has 1 heterocycles. The molecule has 1 aromatic carbocycles. The van der Waals surface area contributed by atoms with Gasteiger partial charge in [-0.15, -0.1) is 0 Å². The lowest BCUT2D eigenvalue weighted by Gasteiger charge is -2.19. The van der Waals surface area contributed by atoms with Crippen LogP contribution in [0.4, 0.5) is 0 Å². The van der Waals surface area contributed by atoms with E-state index in [4.69, 9.17) is 12.2 Å². The molecule has 0 fully saturated rings. The van der Waals surface area contributed by atoms with E-state index in [1.807, 2.05) is 0 Å². The monoisotopic (exact) mass is 220 g/mol. The summed E-state index contributed by atoms with van der Waals surface area (Å²) in [6.45, 7) is 5.01. The van der Waals surface area contributed by atoms with Crippen LogP contribution in [0.5, 0.6) is 0 Å². The Bertz CT molecular complexity index is 337. The Balaban J connectivity index is 1.98. The van der Waals surface area contributed by atoms with E-state index >= 15 is 0 Å². The van der Waals surface area contributed by atoms with E-state index in [0.29, 0.717) is 0 Å².